The summed E-state index contributed by atoms with van der Waals surface area (Å²) in [5.74, 6) is 1.36. The number of carbonyl (C=O) groups is 4. The first-order valence-electron chi connectivity index (χ1n) is 15.9. The molecule has 2 aliphatic heterocycles. The molecule has 46 heavy (non-hydrogen) atoms. The van der Waals surface area contributed by atoms with Gasteiger partial charge in [-0.3, -0.25) is 19.2 Å². The van der Waals surface area contributed by atoms with Gasteiger partial charge in [0.1, 0.15) is 0 Å². The quantitative estimate of drug-likeness (QED) is 0.439. The van der Waals surface area contributed by atoms with Crippen molar-refractivity contribution in [2.75, 3.05) is 53.3 Å². The largest absolute Gasteiger partial charge is 0.493 e. The van der Waals surface area contributed by atoms with Crippen molar-refractivity contribution in [2.45, 2.75) is 51.9 Å². The molecule has 3 amide bonds. The standard InChI is InChI=1S/C34H43N3O9/c1-3-43-33(41)34(18-23-6-7-23)19-25-9-10-26(42-2)28(16-25)44-20-31(39)35-12-14-37(13-4-5-30(38)36-21-34)32(40)17-24-8-11-27-29(15-24)46-22-45-27/h8-11,15-16,23H,3-7,12-14,17-22H2,1-2H3,(H,35,39)(H,36,38). The highest BCUT2D eigenvalue weighted by atomic mass is 16.7. The van der Waals surface area contributed by atoms with E-state index in [1.165, 1.54) is 7.11 Å². The fourth-order valence-electron chi connectivity index (χ4n) is 5.94. The van der Waals surface area contributed by atoms with E-state index in [1.807, 2.05) is 12.1 Å². The molecule has 0 spiro atoms. The molecule has 1 saturated carbocycles. The minimum Gasteiger partial charge on any atom is -0.493 e. The van der Waals surface area contributed by atoms with Crippen LogP contribution in [0.25, 0.3) is 0 Å². The molecule has 0 radical (unpaired) electrons. The highest BCUT2D eigenvalue weighted by molar-refractivity contribution is 5.81. The molecule has 2 heterocycles. The Labute approximate surface area is 269 Å². The number of hydrogen-bond donors (Lipinski definition) is 2. The molecule has 1 unspecified atom stereocenters. The van der Waals surface area contributed by atoms with E-state index in [1.54, 1.807) is 36.1 Å². The zero-order chi connectivity index (χ0) is 32.5. The molecule has 0 saturated heterocycles. The van der Waals surface area contributed by atoms with Crippen molar-refractivity contribution in [1.82, 2.24) is 15.5 Å². The van der Waals surface area contributed by atoms with Crippen LogP contribution >= 0.6 is 0 Å². The zero-order valence-corrected chi connectivity index (χ0v) is 26.6. The second-order valence-electron chi connectivity index (χ2n) is 12.1. The van der Waals surface area contributed by atoms with Crippen LogP contribution in [0.3, 0.4) is 0 Å². The lowest BCUT2D eigenvalue weighted by molar-refractivity contribution is -0.156. The zero-order valence-electron chi connectivity index (χ0n) is 26.6. The summed E-state index contributed by atoms with van der Waals surface area (Å²) in [7, 11) is 1.52. The van der Waals surface area contributed by atoms with Gasteiger partial charge < -0.3 is 39.2 Å². The third-order valence-corrected chi connectivity index (χ3v) is 8.52. The van der Waals surface area contributed by atoms with Crippen LogP contribution < -0.4 is 29.6 Å². The molecule has 1 fully saturated rings. The SMILES string of the molecule is CCOC(=O)C1(CC2CC2)CNC(=O)CCCN(C(=O)Cc2ccc3c(c2)OCO3)CCNC(=O)COc2cc(ccc2OC)C1. The fraction of sp³-hybridized carbons (Fsp3) is 0.529. The number of benzene rings is 2. The monoisotopic (exact) mass is 637 g/mol. The topological polar surface area (TPSA) is 142 Å². The molecule has 2 bridgehead atoms. The number of carbonyl (C=O) groups excluding carboxylic acids is 4. The lowest BCUT2D eigenvalue weighted by Gasteiger charge is -2.32. The Morgan fingerprint density at radius 3 is 2.59 bits per heavy atom. The van der Waals surface area contributed by atoms with Crippen molar-refractivity contribution in [1.29, 1.82) is 0 Å². The van der Waals surface area contributed by atoms with E-state index >= 15 is 0 Å². The van der Waals surface area contributed by atoms with Crippen LogP contribution in [0.15, 0.2) is 36.4 Å². The van der Waals surface area contributed by atoms with Crippen LogP contribution in [0.2, 0.25) is 0 Å². The molecule has 248 valence electrons. The Kier molecular flexibility index (Phi) is 10.9. The van der Waals surface area contributed by atoms with E-state index in [-0.39, 0.29) is 76.2 Å². The van der Waals surface area contributed by atoms with E-state index in [0.29, 0.717) is 54.7 Å². The van der Waals surface area contributed by atoms with Gasteiger partial charge in [-0.1, -0.05) is 25.0 Å². The second kappa shape index (κ2) is 15.2. The third-order valence-electron chi connectivity index (χ3n) is 8.52. The normalized spacial score (nSPS) is 20.8. The first kappa shape index (κ1) is 32.9. The van der Waals surface area contributed by atoms with Crippen molar-refractivity contribution >= 4 is 23.7 Å². The molecule has 1 aliphatic carbocycles. The maximum Gasteiger partial charge on any atom is 0.314 e. The number of fused-ring (bicyclic) bond motifs is 3. The minimum atomic E-state index is -0.978. The maximum absolute atomic E-state index is 13.6. The van der Waals surface area contributed by atoms with Crippen LogP contribution in [-0.2, 0) is 36.8 Å². The molecule has 3 aliphatic rings. The molecule has 12 heteroatoms. The molecule has 2 aromatic carbocycles. The van der Waals surface area contributed by atoms with Gasteiger partial charge in [-0.15, -0.1) is 0 Å². The summed E-state index contributed by atoms with van der Waals surface area (Å²) in [5.41, 5.74) is 0.594. The number of amides is 3. The first-order chi connectivity index (χ1) is 22.3. The van der Waals surface area contributed by atoms with Gasteiger partial charge >= 0.3 is 5.97 Å². The predicted molar refractivity (Wildman–Crippen MR) is 167 cm³/mol. The molecule has 12 nitrogen and oxygen atoms in total. The summed E-state index contributed by atoms with van der Waals surface area (Å²) in [6.07, 6.45) is 3.65. The van der Waals surface area contributed by atoms with Crippen LogP contribution in [-0.4, -0.2) is 81.9 Å². The van der Waals surface area contributed by atoms with Crippen LogP contribution in [0, 0.1) is 11.3 Å². The highest BCUT2D eigenvalue weighted by Gasteiger charge is 2.45. The maximum atomic E-state index is 13.6. The summed E-state index contributed by atoms with van der Waals surface area (Å²) < 4.78 is 27.7. The minimum absolute atomic E-state index is 0.124. The van der Waals surface area contributed by atoms with Gasteiger partial charge in [-0.2, -0.15) is 0 Å². The Bertz CT molecular complexity index is 1430. The van der Waals surface area contributed by atoms with Crippen LogP contribution in [0.5, 0.6) is 23.0 Å². The molecule has 2 N–H and O–H groups in total. The number of rotatable bonds is 7. The number of methoxy groups -OCH3 is 1. The molecule has 1 atom stereocenters. The highest BCUT2D eigenvalue weighted by Crippen LogP contribution is 2.43. The van der Waals surface area contributed by atoms with Gasteiger partial charge in [0.05, 0.1) is 25.6 Å². The van der Waals surface area contributed by atoms with E-state index < -0.39 is 5.41 Å². The van der Waals surface area contributed by atoms with Crippen molar-refractivity contribution in [2.24, 2.45) is 11.3 Å². The van der Waals surface area contributed by atoms with Gasteiger partial charge in [-0.25, -0.2) is 0 Å². The molecular weight excluding hydrogens is 594 g/mol. The van der Waals surface area contributed by atoms with Gasteiger partial charge in [0.15, 0.2) is 29.6 Å². The number of nitrogens with zero attached hydrogens (tertiary/aromatic N) is 1. The second-order valence-corrected chi connectivity index (χ2v) is 12.1. The number of hydrogen-bond acceptors (Lipinski definition) is 9. The van der Waals surface area contributed by atoms with E-state index in [2.05, 4.69) is 10.6 Å². The Morgan fingerprint density at radius 1 is 0.978 bits per heavy atom. The van der Waals surface area contributed by atoms with Gasteiger partial charge in [0.2, 0.25) is 18.6 Å². The Morgan fingerprint density at radius 2 is 1.80 bits per heavy atom. The smallest absolute Gasteiger partial charge is 0.314 e. The fourth-order valence-corrected chi connectivity index (χ4v) is 5.94. The molecule has 5 rings (SSSR count). The number of esters is 1. The summed E-state index contributed by atoms with van der Waals surface area (Å²) in [5, 5.41) is 5.83. The lowest BCUT2D eigenvalue weighted by Crippen LogP contribution is -2.46. The van der Waals surface area contributed by atoms with Crippen LogP contribution in [0.1, 0.15) is 50.2 Å². The van der Waals surface area contributed by atoms with Crippen molar-refractivity contribution < 1.29 is 42.9 Å². The van der Waals surface area contributed by atoms with E-state index in [9.17, 15) is 19.2 Å². The molecule has 0 aromatic heterocycles. The summed E-state index contributed by atoms with van der Waals surface area (Å²) >= 11 is 0. The molecule has 2 aromatic rings. The number of nitrogens with one attached hydrogen (secondary N) is 2. The van der Waals surface area contributed by atoms with Gasteiger partial charge in [0.25, 0.3) is 5.91 Å². The molecular formula is C34H43N3O9. The van der Waals surface area contributed by atoms with Crippen LogP contribution in [0.4, 0.5) is 0 Å². The Hall–Kier alpha value is -4.48. The summed E-state index contributed by atoms with van der Waals surface area (Å²) in [6, 6.07) is 10.8. The van der Waals surface area contributed by atoms with Crippen molar-refractivity contribution in [3.8, 4) is 23.0 Å². The van der Waals surface area contributed by atoms with Gasteiger partial charge in [0, 0.05) is 32.6 Å². The first-order valence-corrected chi connectivity index (χ1v) is 15.9. The third kappa shape index (κ3) is 8.61. The van der Waals surface area contributed by atoms with Crippen molar-refractivity contribution in [3.63, 3.8) is 0 Å². The van der Waals surface area contributed by atoms with Crippen molar-refractivity contribution in [3.05, 3.63) is 47.5 Å². The summed E-state index contributed by atoms with van der Waals surface area (Å²) in [6.45, 7) is 2.78. The summed E-state index contributed by atoms with van der Waals surface area (Å²) in [4.78, 5) is 54.5. The average molecular weight is 638 g/mol. The predicted octanol–water partition coefficient (Wildman–Crippen LogP) is 2.79. The van der Waals surface area contributed by atoms with E-state index in [4.69, 9.17) is 23.7 Å². The van der Waals surface area contributed by atoms with E-state index in [0.717, 1.165) is 24.0 Å². The van der Waals surface area contributed by atoms with Gasteiger partial charge in [-0.05, 0) is 67.5 Å². The average Bonchev–Trinajstić information content (AvgIpc) is 3.73. The number of ether oxygens (including phenoxy) is 5. The Balaban J connectivity index is 1.35. The lowest BCUT2D eigenvalue weighted by atomic mass is 9.76.